The van der Waals surface area contributed by atoms with Crippen LogP contribution >= 0.6 is 0 Å². The highest BCUT2D eigenvalue weighted by molar-refractivity contribution is 5.36. The molecule has 20 heavy (non-hydrogen) atoms. The summed E-state index contributed by atoms with van der Waals surface area (Å²) in [4.78, 5) is 0. The number of para-hydroxylation sites is 1. The van der Waals surface area contributed by atoms with Crippen LogP contribution in [0.15, 0.2) is 24.3 Å². The van der Waals surface area contributed by atoms with Crippen LogP contribution in [0.25, 0.3) is 0 Å². The Kier molecular flexibility index (Phi) is 6.34. The van der Waals surface area contributed by atoms with Crippen molar-refractivity contribution in [3.05, 3.63) is 29.8 Å². The number of rotatable bonds is 9. The van der Waals surface area contributed by atoms with E-state index in [9.17, 15) is 0 Å². The van der Waals surface area contributed by atoms with E-state index in [0.717, 1.165) is 24.6 Å². The van der Waals surface area contributed by atoms with Crippen molar-refractivity contribution in [2.45, 2.75) is 38.6 Å². The Hall–Kier alpha value is -1.06. The molecule has 0 saturated heterocycles. The van der Waals surface area contributed by atoms with E-state index in [2.05, 4.69) is 30.4 Å². The first-order valence-electron chi connectivity index (χ1n) is 7.80. The van der Waals surface area contributed by atoms with Gasteiger partial charge in [0, 0.05) is 18.7 Å². The minimum Gasteiger partial charge on any atom is -0.491 e. The van der Waals surface area contributed by atoms with Crippen molar-refractivity contribution in [2.75, 3.05) is 26.9 Å². The lowest BCUT2D eigenvalue weighted by Gasteiger charge is -2.35. The molecule has 2 rings (SSSR count). The standard InChI is InChI=1S/C17H27NO2/c1-3-11-18-17(14-7-6-8-14)15-9-4-5-10-16(15)20-13-12-19-2/h4-5,9-10,14,17-18H,3,6-8,11-13H2,1-2H3. The summed E-state index contributed by atoms with van der Waals surface area (Å²) in [5.74, 6) is 1.76. The number of ether oxygens (including phenoxy) is 2. The van der Waals surface area contributed by atoms with Crippen molar-refractivity contribution in [2.24, 2.45) is 5.92 Å². The van der Waals surface area contributed by atoms with Gasteiger partial charge in [-0.25, -0.2) is 0 Å². The average molecular weight is 277 g/mol. The van der Waals surface area contributed by atoms with E-state index in [1.54, 1.807) is 7.11 Å². The Morgan fingerprint density at radius 3 is 2.70 bits per heavy atom. The average Bonchev–Trinajstić information content (AvgIpc) is 2.42. The maximum Gasteiger partial charge on any atom is 0.124 e. The first-order chi connectivity index (χ1) is 9.86. The van der Waals surface area contributed by atoms with Gasteiger partial charge in [-0.3, -0.25) is 0 Å². The molecule has 1 saturated carbocycles. The summed E-state index contributed by atoms with van der Waals surface area (Å²) in [7, 11) is 1.70. The highest BCUT2D eigenvalue weighted by atomic mass is 16.5. The molecule has 3 heteroatoms. The Morgan fingerprint density at radius 1 is 1.25 bits per heavy atom. The molecule has 1 N–H and O–H groups in total. The second-order valence-electron chi connectivity index (χ2n) is 5.50. The van der Waals surface area contributed by atoms with Crippen molar-refractivity contribution in [1.29, 1.82) is 0 Å². The largest absolute Gasteiger partial charge is 0.491 e. The molecule has 1 aromatic carbocycles. The van der Waals surface area contributed by atoms with E-state index in [0.29, 0.717) is 19.3 Å². The second-order valence-corrected chi connectivity index (χ2v) is 5.50. The van der Waals surface area contributed by atoms with Crippen molar-refractivity contribution in [3.8, 4) is 5.75 Å². The topological polar surface area (TPSA) is 30.5 Å². The number of benzene rings is 1. The maximum atomic E-state index is 5.89. The highest BCUT2D eigenvalue weighted by Crippen LogP contribution is 2.40. The van der Waals surface area contributed by atoms with Gasteiger partial charge in [-0.15, -0.1) is 0 Å². The van der Waals surface area contributed by atoms with Crippen LogP contribution in [0.1, 0.15) is 44.2 Å². The lowest BCUT2D eigenvalue weighted by molar-refractivity contribution is 0.144. The van der Waals surface area contributed by atoms with Gasteiger partial charge in [-0.1, -0.05) is 31.5 Å². The van der Waals surface area contributed by atoms with Gasteiger partial charge in [-0.05, 0) is 37.8 Å². The minimum absolute atomic E-state index is 0.433. The normalized spacial score (nSPS) is 16.7. The number of hydrogen-bond donors (Lipinski definition) is 1. The van der Waals surface area contributed by atoms with Crippen LogP contribution in [0.2, 0.25) is 0 Å². The molecule has 0 spiro atoms. The molecule has 0 aliphatic heterocycles. The Labute approximate surface area is 122 Å². The lowest BCUT2D eigenvalue weighted by atomic mass is 9.77. The van der Waals surface area contributed by atoms with Gasteiger partial charge in [0.2, 0.25) is 0 Å². The fourth-order valence-corrected chi connectivity index (χ4v) is 2.71. The molecule has 0 aromatic heterocycles. The van der Waals surface area contributed by atoms with Crippen LogP contribution in [0, 0.1) is 5.92 Å². The van der Waals surface area contributed by atoms with Crippen molar-refractivity contribution in [1.82, 2.24) is 5.32 Å². The SMILES string of the molecule is CCCNC(c1ccccc1OCCOC)C1CCC1. The summed E-state index contributed by atoms with van der Waals surface area (Å²) in [5, 5.41) is 3.71. The molecule has 3 nitrogen and oxygen atoms in total. The molecule has 1 aromatic rings. The van der Waals surface area contributed by atoms with Gasteiger partial charge in [-0.2, -0.15) is 0 Å². The second kappa shape index (κ2) is 8.28. The van der Waals surface area contributed by atoms with Crippen LogP contribution in [-0.2, 0) is 4.74 Å². The molecule has 1 atom stereocenters. The first kappa shape index (κ1) is 15.3. The zero-order valence-corrected chi connectivity index (χ0v) is 12.7. The van der Waals surface area contributed by atoms with Gasteiger partial charge < -0.3 is 14.8 Å². The van der Waals surface area contributed by atoms with Gasteiger partial charge in [0.15, 0.2) is 0 Å². The number of nitrogens with one attached hydrogen (secondary N) is 1. The molecule has 112 valence electrons. The van der Waals surface area contributed by atoms with E-state index in [4.69, 9.17) is 9.47 Å². The van der Waals surface area contributed by atoms with E-state index in [1.807, 2.05) is 6.07 Å². The van der Waals surface area contributed by atoms with Gasteiger partial charge in [0.1, 0.15) is 12.4 Å². The minimum atomic E-state index is 0.433. The Morgan fingerprint density at radius 2 is 2.05 bits per heavy atom. The van der Waals surface area contributed by atoms with Crippen molar-refractivity contribution in [3.63, 3.8) is 0 Å². The van der Waals surface area contributed by atoms with E-state index in [1.165, 1.54) is 24.8 Å². The highest BCUT2D eigenvalue weighted by Gasteiger charge is 2.29. The molecule has 0 amide bonds. The smallest absolute Gasteiger partial charge is 0.124 e. The van der Waals surface area contributed by atoms with E-state index in [-0.39, 0.29) is 0 Å². The predicted octanol–water partition coefficient (Wildman–Crippen LogP) is 3.55. The fraction of sp³-hybridized carbons (Fsp3) is 0.647. The summed E-state index contributed by atoms with van der Waals surface area (Å²) in [6.07, 6.45) is 5.18. The molecule has 1 unspecified atom stereocenters. The quantitative estimate of drug-likeness (QED) is 0.700. The summed E-state index contributed by atoms with van der Waals surface area (Å²) in [5.41, 5.74) is 1.31. The molecule has 1 aliphatic rings. The van der Waals surface area contributed by atoms with Crippen molar-refractivity contribution < 1.29 is 9.47 Å². The van der Waals surface area contributed by atoms with Crippen LogP contribution in [0.4, 0.5) is 0 Å². The summed E-state index contributed by atoms with van der Waals surface area (Å²) in [6, 6.07) is 8.86. The van der Waals surface area contributed by atoms with Gasteiger partial charge >= 0.3 is 0 Å². The van der Waals surface area contributed by atoms with Gasteiger partial charge in [0.25, 0.3) is 0 Å². The number of hydrogen-bond acceptors (Lipinski definition) is 3. The van der Waals surface area contributed by atoms with Crippen LogP contribution in [-0.4, -0.2) is 26.9 Å². The zero-order chi connectivity index (χ0) is 14.2. The molecular formula is C17H27NO2. The molecular weight excluding hydrogens is 250 g/mol. The number of methoxy groups -OCH3 is 1. The fourth-order valence-electron chi connectivity index (χ4n) is 2.71. The third-order valence-electron chi connectivity index (χ3n) is 4.03. The Bertz CT molecular complexity index is 390. The Balaban J connectivity index is 2.09. The van der Waals surface area contributed by atoms with Crippen LogP contribution in [0.5, 0.6) is 5.75 Å². The molecule has 1 fully saturated rings. The summed E-state index contributed by atoms with van der Waals surface area (Å²) >= 11 is 0. The molecule has 0 bridgehead atoms. The van der Waals surface area contributed by atoms with E-state index >= 15 is 0 Å². The third-order valence-corrected chi connectivity index (χ3v) is 4.03. The molecule has 0 radical (unpaired) electrons. The van der Waals surface area contributed by atoms with Crippen molar-refractivity contribution >= 4 is 0 Å². The summed E-state index contributed by atoms with van der Waals surface area (Å²) in [6.45, 7) is 4.52. The molecule has 1 aliphatic carbocycles. The third kappa shape index (κ3) is 3.97. The van der Waals surface area contributed by atoms with E-state index < -0.39 is 0 Å². The summed E-state index contributed by atoms with van der Waals surface area (Å²) < 4.78 is 11.0. The predicted molar refractivity (Wildman–Crippen MR) is 82.2 cm³/mol. The maximum absolute atomic E-state index is 5.89. The molecule has 0 heterocycles. The lowest BCUT2D eigenvalue weighted by Crippen LogP contribution is -2.33. The van der Waals surface area contributed by atoms with Gasteiger partial charge in [0.05, 0.1) is 6.61 Å². The zero-order valence-electron chi connectivity index (χ0n) is 12.7. The van der Waals surface area contributed by atoms with Crippen LogP contribution < -0.4 is 10.1 Å². The first-order valence-corrected chi connectivity index (χ1v) is 7.80. The monoisotopic (exact) mass is 277 g/mol. The van der Waals surface area contributed by atoms with Crippen LogP contribution in [0.3, 0.4) is 0 Å².